The molecular weight excluding hydrogens is 339 g/mol. The molecule has 0 atom stereocenters. The Kier molecular flexibility index (Phi) is 5.19. The van der Waals surface area contributed by atoms with E-state index in [1.165, 1.54) is 0 Å². The molecule has 116 valence electrons. The maximum atomic E-state index is 6.08. The summed E-state index contributed by atoms with van der Waals surface area (Å²) in [5, 5.41) is 5.66. The van der Waals surface area contributed by atoms with Crippen LogP contribution in [0.25, 0.3) is 0 Å². The van der Waals surface area contributed by atoms with Gasteiger partial charge in [-0.2, -0.15) is 5.20 Å². The van der Waals surface area contributed by atoms with Crippen molar-refractivity contribution < 1.29 is 0 Å². The van der Waals surface area contributed by atoms with Crippen molar-refractivity contribution in [1.29, 1.82) is 0 Å². The minimum absolute atomic E-state index is 0.932. The molecule has 3 rings (SSSR count). The van der Waals surface area contributed by atoms with Gasteiger partial charge in [0.15, 0.2) is 0 Å². The SMILES string of the molecule is S=P(NNc1ccc(S)cc1)(c1ccccc1)c1ccccc1. The zero-order valence-corrected chi connectivity index (χ0v) is 15.0. The molecule has 23 heavy (non-hydrogen) atoms. The van der Waals surface area contributed by atoms with Crippen LogP contribution in [0.5, 0.6) is 0 Å². The van der Waals surface area contributed by atoms with E-state index in [9.17, 15) is 0 Å². The first kappa shape index (κ1) is 16.3. The molecular formula is C18H17N2PS2. The summed E-state index contributed by atoms with van der Waals surface area (Å²) in [5.41, 5.74) is 4.23. The van der Waals surface area contributed by atoms with Crippen LogP contribution in [0, 0.1) is 0 Å². The van der Waals surface area contributed by atoms with Gasteiger partial charge in [-0.3, -0.25) is 0 Å². The summed E-state index contributed by atoms with van der Waals surface area (Å²) in [6.45, 7) is 0. The molecule has 0 saturated carbocycles. The third-order valence-electron chi connectivity index (χ3n) is 3.46. The van der Waals surface area contributed by atoms with E-state index in [-0.39, 0.29) is 0 Å². The van der Waals surface area contributed by atoms with Crippen molar-refractivity contribution in [3.8, 4) is 0 Å². The van der Waals surface area contributed by atoms with Gasteiger partial charge in [-0.25, -0.2) is 0 Å². The molecule has 0 unspecified atom stereocenters. The molecule has 0 fully saturated rings. The van der Waals surface area contributed by atoms with Gasteiger partial charge in [-0.05, 0) is 24.3 Å². The fraction of sp³-hybridized carbons (Fsp3) is 0. The first-order valence-electron chi connectivity index (χ1n) is 7.22. The summed E-state index contributed by atoms with van der Waals surface area (Å²) < 4.78 is 0. The second kappa shape index (κ2) is 7.33. The summed E-state index contributed by atoms with van der Waals surface area (Å²) in [5.74, 6) is 0. The van der Waals surface area contributed by atoms with Crippen LogP contribution in [0.15, 0.2) is 89.8 Å². The molecule has 3 aromatic rings. The average molecular weight is 356 g/mol. The summed E-state index contributed by atoms with van der Waals surface area (Å²) in [6.07, 6.45) is -2.15. The van der Waals surface area contributed by atoms with Gasteiger partial charge in [-0.15, -0.1) is 12.6 Å². The van der Waals surface area contributed by atoms with Gasteiger partial charge >= 0.3 is 0 Å². The Morgan fingerprint density at radius 3 is 1.65 bits per heavy atom. The molecule has 0 aliphatic heterocycles. The highest BCUT2D eigenvalue weighted by atomic mass is 32.4. The second-order valence-corrected chi connectivity index (χ2v) is 9.70. The van der Waals surface area contributed by atoms with Crippen molar-refractivity contribution in [3.05, 3.63) is 84.9 Å². The van der Waals surface area contributed by atoms with E-state index in [1.54, 1.807) is 0 Å². The molecule has 0 bridgehead atoms. The maximum Gasteiger partial charge on any atom is 0.0853 e. The summed E-state index contributed by atoms with van der Waals surface area (Å²) in [4.78, 5) is 0.932. The Labute approximate surface area is 147 Å². The zero-order valence-electron chi connectivity index (χ0n) is 12.4. The van der Waals surface area contributed by atoms with Crippen molar-refractivity contribution >= 4 is 46.9 Å². The number of hydrazine groups is 1. The molecule has 2 N–H and O–H groups in total. The highest BCUT2D eigenvalue weighted by molar-refractivity contribution is 8.20. The van der Waals surface area contributed by atoms with Gasteiger partial charge < -0.3 is 5.43 Å². The van der Waals surface area contributed by atoms with E-state index in [1.807, 2.05) is 60.7 Å². The topological polar surface area (TPSA) is 24.1 Å². The normalized spacial score (nSPS) is 11.2. The monoisotopic (exact) mass is 356 g/mol. The van der Waals surface area contributed by atoms with Crippen LogP contribution >= 0.6 is 18.8 Å². The predicted molar refractivity (Wildman–Crippen MR) is 107 cm³/mol. The molecule has 0 amide bonds. The predicted octanol–water partition coefficient (Wildman–Crippen LogP) is 3.94. The lowest BCUT2D eigenvalue weighted by Gasteiger charge is -2.25. The number of thiol groups is 1. The highest BCUT2D eigenvalue weighted by Gasteiger charge is 2.21. The Morgan fingerprint density at radius 2 is 1.17 bits per heavy atom. The summed E-state index contributed by atoms with van der Waals surface area (Å²) in [7, 11) is 0. The fourth-order valence-electron chi connectivity index (χ4n) is 2.24. The molecule has 0 aliphatic rings. The van der Waals surface area contributed by atoms with Gasteiger partial charge in [0.05, 0.1) is 6.19 Å². The van der Waals surface area contributed by atoms with Gasteiger partial charge in [0, 0.05) is 21.2 Å². The molecule has 0 heterocycles. The third kappa shape index (κ3) is 3.85. The van der Waals surface area contributed by atoms with Crippen molar-refractivity contribution in [1.82, 2.24) is 5.20 Å². The van der Waals surface area contributed by atoms with Crippen LogP contribution in [0.2, 0.25) is 0 Å². The van der Waals surface area contributed by atoms with Gasteiger partial charge in [-0.1, -0.05) is 72.5 Å². The maximum absolute atomic E-state index is 6.08. The second-order valence-electron chi connectivity index (χ2n) is 5.06. The lowest BCUT2D eigenvalue weighted by Crippen LogP contribution is -2.31. The fourth-order valence-corrected chi connectivity index (χ4v) is 5.29. The third-order valence-corrected chi connectivity index (χ3v) is 7.78. The smallest absolute Gasteiger partial charge is 0.0853 e. The Bertz CT molecular complexity index is 762. The van der Waals surface area contributed by atoms with Crippen LogP contribution in [-0.4, -0.2) is 0 Å². The molecule has 0 saturated heterocycles. The standard InChI is InChI=1S/C18H17N2PS2/c22-18-13-11-15(12-14-18)19-20-21(23,16-7-3-1-4-8-16)17-9-5-2-6-10-17/h1-14,19,22H,(H,20,23). The Hall–Kier alpha value is -1.58. The molecule has 5 heteroatoms. The van der Waals surface area contributed by atoms with Crippen LogP contribution in [0.3, 0.4) is 0 Å². The van der Waals surface area contributed by atoms with Gasteiger partial charge in [0.2, 0.25) is 0 Å². The van der Waals surface area contributed by atoms with E-state index in [0.717, 1.165) is 21.2 Å². The number of hydrogen-bond acceptors (Lipinski definition) is 3. The van der Waals surface area contributed by atoms with E-state index in [2.05, 4.69) is 47.5 Å². The van der Waals surface area contributed by atoms with Gasteiger partial charge in [0.1, 0.15) is 0 Å². The number of hydrogen-bond donors (Lipinski definition) is 3. The molecule has 0 radical (unpaired) electrons. The van der Waals surface area contributed by atoms with E-state index >= 15 is 0 Å². The number of nitrogens with one attached hydrogen (secondary N) is 2. The van der Waals surface area contributed by atoms with Crippen molar-refractivity contribution in [2.24, 2.45) is 0 Å². The number of anilines is 1. The largest absolute Gasteiger partial charge is 0.317 e. The zero-order chi connectivity index (χ0) is 16.1. The van der Waals surface area contributed by atoms with E-state index in [4.69, 9.17) is 11.8 Å². The molecule has 0 spiro atoms. The number of benzene rings is 3. The first-order chi connectivity index (χ1) is 11.2. The highest BCUT2D eigenvalue weighted by Crippen LogP contribution is 2.38. The number of rotatable bonds is 5. The summed E-state index contributed by atoms with van der Waals surface area (Å²) >= 11 is 10.4. The van der Waals surface area contributed by atoms with Gasteiger partial charge in [0.25, 0.3) is 0 Å². The van der Waals surface area contributed by atoms with Crippen LogP contribution < -0.4 is 21.2 Å². The van der Waals surface area contributed by atoms with Crippen LogP contribution in [0.1, 0.15) is 0 Å². The van der Waals surface area contributed by atoms with Crippen molar-refractivity contribution in [3.63, 3.8) is 0 Å². The van der Waals surface area contributed by atoms with Crippen LogP contribution in [-0.2, 0) is 11.8 Å². The molecule has 0 aromatic heterocycles. The van der Waals surface area contributed by atoms with E-state index in [0.29, 0.717) is 0 Å². The van der Waals surface area contributed by atoms with Crippen molar-refractivity contribution in [2.45, 2.75) is 4.90 Å². The minimum Gasteiger partial charge on any atom is -0.317 e. The average Bonchev–Trinajstić information content (AvgIpc) is 2.62. The molecule has 3 aromatic carbocycles. The molecule has 2 nitrogen and oxygen atoms in total. The lowest BCUT2D eigenvalue weighted by atomic mass is 10.3. The molecule has 0 aliphatic carbocycles. The Balaban J connectivity index is 1.93. The minimum atomic E-state index is -2.15. The lowest BCUT2D eigenvalue weighted by molar-refractivity contribution is 1.20. The van der Waals surface area contributed by atoms with Crippen molar-refractivity contribution in [2.75, 3.05) is 5.43 Å². The first-order valence-corrected chi connectivity index (χ1v) is 10.5. The van der Waals surface area contributed by atoms with E-state index < -0.39 is 6.19 Å². The summed E-state index contributed by atoms with van der Waals surface area (Å²) in [6, 6.07) is 28.3. The Morgan fingerprint density at radius 1 is 0.696 bits per heavy atom. The van der Waals surface area contributed by atoms with Crippen LogP contribution in [0.4, 0.5) is 5.69 Å². The quantitative estimate of drug-likeness (QED) is 0.367.